The summed E-state index contributed by atoms with van der Waals surface area (Å²) in [5.74, 6) is 0.691. The molecule has 0 heterocycles. The van der Waals surface area contributed by atoms with Crippen LogP contribution in [0.4, 0.5) is 5.69 Å². The summed E-state index contributed by atoms with van der Waals surface area (Å²) < 4.78 is 33.5. The van der Waals surface area contributed by atoms with Crippen LogP contribution in [0, 0.1) is 13.8 Å². The van der Waals surface area contributed by atoms with Crippen LogP contribution in [0.1, 0.15) is 11.1 Å². The number of rotatable bonds is 7. The van der Waals surface area contributed by atoms with Crippen molar-refractivity contribution in [2.24, 2.45) is 0 Å². The van der Waals surface area contributed by atoms with Crippen LogP contribution in [0.3, 0.4) is 0 Å². The van der Waals surface area contributed by atoms with E-state index in [1.54, 1.807) is 26.2 Å². The van der Waals surface area contributed by atoms with E-state index in [1.165, 1.54) is 4.31 Å². The predicted molar refractivity (Wildman–Crippen MR) is 102 cm³/mol. The van der Waals surface area contributed by atoms with Gasteiger partial charge in [0.15, 0.2) is 0 Å². The first-order valence-electron chi connectivity index (χ1n) is 8.15. The Morgan fingerprint density at radius 2 is 1.60 bits per heavy atom. The Kier molecular flexibility index (Phi) is 6.08. The molecule has 0 bridgehead atoms. The van der Waals surface area contributed by atoms with Crippen molar-refractivity contribution in [1.82, 2.24) is 4.90 Å². The SMILES string of the molecule is COc1cc(C)c(S(=O)(=O)N(CCN(C)C)c2ccccc2)cc1C. The van der Waals surface area contributed by atoms with Gasteiger partial charge in [0.25, 0.3) is 10.0 Å². The summed E-state index contributed by atoms with van der Waals surface area (Å²) in [6.45, 7) is 4.65. The molecule has 25 heavy (non-hydrogen) atoms. The molecule has 0 unspecified atom stereocenters. The van der Waals surface area contributed by atoms with E-state index in [9.17, 15) is 8.42 Å². The summed E-state index contributed by atoms with van der Waals surface area (Å²) in [6.07, 6.45) is 0. The molecule has 2 aromatic carbocycles. The van der Waals surface area contributed by atoms with Gasteiger partial charge in [-0.2, -0.15) is 0 Å². The molecule has 0 saturated heterocycles. The number of sulfonamides is 1. The highest BCUT2D eigenvalue weighted by Crippen LogP contribution is 2.30. The van der Waals surface area contributed by atoms with Gasteiger partial charge >= 0.3 is 0 Å². The molecule has 0 atom stereocenters. The number of nitrogens with zero attached hydrogens (tertiary/aromatic N) is 2. The van der Waals surface area contributed by atoms with Crippen LogP contribution < -0.4 is 9.04 Å². The Hall–Kier alpha value is -2.05. The van der Waals surface area contributed by atoms with E-state index in [0.717, 1.165) is 5.56 Å². The van der Waals surface area contributed by atoms with E-state index in [0.29, 0.717) is 35.0 Å². The number of para-hydroxylation sites is 1. The standard InChI is InChI=1S/C19H26N2O3S/c1-15-14-19(16(2)13-18(15)24-5)25(22,23)21(12-11-20(3)4)17-9-7-6-8-10-17/h6-10,13-14H,11-12H2,1-5H3. The molecule has 136 valence electrons. The van der Waals surface area contributed by atoms with Crippen molar-refractivity contribution in [3.05, 3.63) is 53.6 Å². The van der Waals surface area contributed by atoms with Gasteiger partial charge in [-0.05, 0) is 63.3 Å². The maximum Gasteiger partial charge on any atom is 0.264 e. The molecule has 0 aliphatic heterocycles. The summed E-state index contributed by atoms with van der Waals surface area (Å²) in [4.78, 5) is 2.28. The Bertz CT molecular complexity index is 818. The molecular weight excluding hydrogens is 336 g/mol. The molecule has 5 nitrogen and oxygen atoms in total. The van der Waals surface area contributed by atoms with Crippen molar-refractivity contribution >= 4 is 15.7 Å². The zero-order chi connectivity index (χ0) is 18.6. The van der Waals surface area contributed by atoms with Crippen LogP contribution in [0.15, 0.2) is 47.4 Å². The molecular formula is C19H26N2O3S. The normalized spacial score (nSPS) is 11.6. The molecule has 2 rings (SSSR count). The second kappa shape index (κ2) is 7.89. The molecule has 0 spiro atoms. The van der Waals surface area contributed by atoms with Gasteiger partial charge in [0.2, 0.25) is 0 Å². The first-order chi connectivity index (χ1) is 11.8. The number of likely N-dealkylation sites (N-methyl/N-ethyl adjacent to an activating group) is 1. The highest BCUT2D eigenvalue weighted by atomic mass is 32.2. The topological polar surface area (TPSA) is 49.9 Å². The van der Waals surface area contributed by atoms with Crippen molar-refractivity contribution in [1.29, 1.82) is 0 Å². The number of benzene rings is 2. The maximum absolute atomic E-state index is 13.4. The minimum Gasteiger partial charge on any atom is -0.496 e. The van der Waals surface area contributed by atoms with Crippen molar-refractivity contribution < 1.29 is 13.2 Å². The van der Waals surface area contributed by atoms with E-state index >= 15 is 0 Å². The van der Waals surface area contributed by atoms with E-state index < -0.39 is 10.0 Å². The minimum absolute atomic E-state index is 0.313. The smallest absolute Gasteiger partial charge is 0.264 e. The average Bonchev–Trinajstić information content (AvgIpc) is 2.57. The van der Waals surface area contributed by atoms with E-state index in [4.69, 9.17) is 4.74 Å². The number of hydrogen-bond acceptors (Lipinski definition) is 4. The first-order valence-corrected chi connectivity index (χ1v) is 9.59. The lowest BCUT2D eigenvalue weighted by molar-refractivity contribution is 0.411. The Labute approximate surface area is 150 Å². The van der Waals surface area contributed by atoms with Gasteiger partial charge < -0.3 is 9.64 Å². The lowest BCUT2D eigenvalue weighted by atomic mass is 10.1. The Morgan fingerprint density at radius 3 is 2.16 bits per heavy atom. The number of ether oxygens (including phenoxy) is 1. The van der Waals surface area contributed by atoms with Gasteiger partial charge in [0, 0.05) is 13.1 Å². The van der Waals surface area contributed by atoms with Crippen LogP contribution in [0.5, 0.6) is 5.75 Å². The lowest BCUT2D eigenvalue weighted by Crippen LogP contribution is -2.37. The Balaban J connectivity index is 2.53. The zero-order valence-electron chi connectivity index (χ0n) is 15.5. The van der Waals surface area contributed by atoms with Crippen molar-refractivity contribution in [2.45, 2.75) is 18.7 Å². The van der Waals surface area contributed by atoms with Crippen molar-refractivity contribution in [3.8, 4) is 5.75 Å². The second-order valence-corrected chi connectivity index (χ2v) is 8.13. The first kappa shape index (κ1) is 19.3. The summed E-state index contributed by atoms with van der Waals surface area (Å²) in [6, 6.07) is 12.7. The predicted octanol–water partition coefficient (Wildman–Crippen LogP) is 3.07. The average molecular weight is 362 g/mol. The molecule has 2 aromatic rings. The highest BCUT2D eigenvalue weighted by Gasteiger charge is 2.27. The molecule has 0 aliphatic carbocycles. The maximum atomic E-state index is 13.4. The van der Waals surface area contributed by atoms with Gasteiger partial charge in [0.1, 0.15) is 5.75 Å². The van der Waals surface area contributed by atoms with Crippen molar-refractivity contribution in [3.63, 3.8) is 0 Å². The number of aryl methyl sites for hydroxylation is 2. The van der Waals surface area contributed by atoms with Crippen LogP contribution >= 0.6 is 0 Å². The fourth-order valence-corrected chi connectivity index (χ4v) is 4.40. The van der Waals surface area contributed by atoms with E-state index in [2.05, 4.69) is 0 Å². The summed E-state index contributed by atoms with van der Waals surface area (Å²) in [5, 5.41) is 0. The van der Waals surface area contributed by atoms with Crippen molar-refractivity contribution in [2.75, 3.05) is 38.6 Å². The van der Waals surface area contributed by atoms with E-state index in [-0.39, 0.29) is 0 Å². The highest BCUT2D eigenvalue weighted by molar-refractivity contribution is 7.92. The van der Waals surface area contributed by atoms with Gasteiger partial charge in [-0.1, -0.05) is 18.2 Å². The number of hydrogen-bond donors (Lipinski definition) is 0. The summed E-state index contributed by atoms with van der Waals surface area (Å²) in [5.41, 5.74) is 2.14. The number of anilines is 1. The third kappa shape index (κ3) is 4.32. The largest absolute Gasteiger partial charge is 0.496 e. The monoisotopic (exact) mass is 362 g/mol. The molecule has 0 fully saturated rings. The molecule has 0 aromatic heterocycles. The Morgan fingerprint density at radius 1 is 0.960 bits per heavy atom. The van der Waals surface area contributed by atoms with Crippen LogP contribution in [0.25, 0.3) is 0 Å². The molecule has 0 radical (unpaired) electrons. The van der Waals surface area contributed by atoms with Gasteiger partial charge in [-0.3, -0.25) is 4.31 Å². The quantitative estimate of drug-likeness (QED) is 0.760. The van der Waals surface area contributed by atoms with Gasteiger partial charge in [-0.15, -0.1) is 0 Å². The summed E-state index contributed by atoms with van der Waals surface area (Å²) in [7, 11) is 1.77. The summed E-state index contributed by atoms with van der Waals surface area (Å²) >= 11 is 0. The zero-order valence-corrected chi connectivity index (χ0v) is 16.3. The number of methoxy groups -OCH3 is 1. The van der Waals surface area contributed by atoms with Crippen LogP contribution in [-0.4, -0.2) is 47.6 Å². The lowest BCUT2D eigenvalue weighted by Gasteiger charge is -2.27. The molecule has 0 N–H and O–H groups in total. The van der Waals surface area contributed by atoms with Gasteiger partial charge in [-0.25, -0.2) is 8.42 Å². The fraction of sp³-hybridized carbons (Fsp3) is 0.368. The third-order valence-corrected chi connectivity index (χ3v) is 6.02. The molecule has 0 aliphatic rings. The van der Waals surface area contributed by atoms with Crippen LogP contribution in [-0.2, 0) is 10.0 Å². The van der Waals surface area contributed by atoms with E-state index in [1.807, 2.05) is 56.3 Å². The minimum atomic E-state index is -3.68. The van der Waals surface area contributed by atoms with Crippen LogP contribution in [0.2, 0.25) is 0 Å². The third-order valence-electron chi connectivity index (χ3n) is 4.05. The molecule has 0 amide bonds. The molecule has 6 heteroatoms. The van der Waals surface area contributed by atoms with Gasteiger partial charge in [0.05, 0.1) is 17.7 Å². The molecule has 0 saturated carbocycles. The second-order valence-electron chi connectivity index (χ2n) is 6.30. The fourth-order valence-electron chi connectivity index (χ4n) is 2.65.